The van der Waals surface area contributed by atoms with Gasteiger partial charge in [0.1, 0.15) is 15.8 Å². The van der Waals surface area contributed by atoms with Crippen LogP contribution in [0, 0.1) is 6.92 Å². The van der Waals surface area contributed by atoms with E-state index < -0.39 is 24.4 Å². The van der Waals surface area contributed by atoms with Crippen molar-refractivity contribution in [2.45, 2.75) is 31.7 Å². The molecule has 0 spiro atoms. The summed E-state index contributed by atoms with van der Waals surface area (Å²) >= 11 is 1.48. The van der Waals surface area contributed by atoms with Crippen molar-refractivity contribution in [1.29, 1.82) is 0 Å². The molecule has 1 fully saturated rings. The Hall–Kier alpha value is -2.59. The highest BCUT2D eigenvalue weighted by Crippen LogP contribution is 2.27. The van der Waals surface area contributed by atoms with Crippen LogP contribution in [0.2, 0.25) is 0 Å². The monoisotopic (exact) mass is 404 g/mol. The highest BCUT2D eigenvalue weighted by Gasteiger charge is 2.43. The van der Waals surface area contributed by atoms with E-state index in [1.807, 2.05) is 25.1 Å². The smallest absolute Gasteiger partial charge is 0.280 e. The Morgan fingerprint density at radius 1 is 1.39 bits per heavy atom. The van der Waals surface area contributed by atoms with Crippen LogP contribution >= 0.6 is 11.3 Å². The Morgan fingerprint density at radius 3 is 2.93 bits per heavy atom. The first-order valence-corrected chi connectivity index (χ1v) is 9.61. The van der Waals surface area contributed by atoms with Gasteiger partial charge in [-0.2, -0.15) is 0 Å². The lowest BCUT2D eigenvalue weighted by Gasteiger charge is -2.36. The van der Waals surface area contributed by atoms with Crippen molar-refractivity contribution in [3.05, 3.63) is 35.2 Å². The minimum atomic E-state index is -3.08. The van der Waals surface area contributed by atoms with Crippen LogP contribution < -0.4 is 5.73 Å². The summed E-state index contributed by atoms with van der Waals surface area (Å²) in [6.45, 7) is 1.43. The number of nitrogens with two attached hydrogens (primary N) is 1. The number of benzene rings is 1. The van der Waals surface area contributed by atoms with Crippen LogP contribution in [0.25, 0.3) is 21.5 Å². The highest BCUT2D eigenvalue weighted by molar-refractivity contribution is 7.14. The minimum Gasteiger partial charge on any atom is -0.336 e. The van der Waals surface area contributed by atoms with E-state index in [1.165, 1.54) is 11.3 Å². The van der Waals surface area contributed by atoms with Gasteiger partial charge in [0.05, 0.1) is 24.5 Å². The van der Waals surface area contributed by atoms with Crippen molar-refractivity contribution >= 4 is 28.1 Å². The second-order valence-electron chi connectivity index (χ2n) is 6.83. The zero-order valence-corrected chi connectivity index (χ0v) is 15.9. The predicted octanol–water partition coefficient (Wildman–Crippen LogP) is 2.19. The first-order chi connectivity index (χ1) is 13.3. The zero-order chi connectivity index (χ0) is 19.9. The molecule has 28 heavy (non-hydrogen) atoms. The summed E-state index contributed by atoms with van der Waals surface area (Å²) in [6.07, 6.45) is 1.56. The molecule has 1 amide bonds. The number of likely N-dealkylation sites (tertiary alicyclic amines) is 1. The molecule has 1 atom stereocenters. The number of alkyl halides is 2. The summed E-state index contributed by atoms with van der Waals surface area (Å²) in [7, 11) is 0. The van der Waals surface area contributed by atoms with Gasteiger partial charge in [0, 0.05) is 23.7 Å². The molecule has 4 rings (SSSR count). The number of aryl methyl sites for hydroxylation is 1. The number of amides is 1. The third-order valence-electron chi connectivity index (χ3n) is 4.72. The average molecular weight is 404 g/mol. The van der Waals surface area contributed by atoms with Gasteiger partial charge in [0.2, 0.25) is 5.91 Å². The van der Waals surface area contributed by atoms with E-state index in [9.17, 15) is 13.6 Å². The van der Waals surface area contributed by atoms with Gasteiger partial charge in [-0.05, 0) is 19.4 Å². The topological polar surface area (TPSA) is 97.9 Å². The fraction of sp³-hybridized carbons (Fsp3) is 0.389. The second kappa shape index (κ2) is 7.10. The van der Waals surface area contributed by atoms with Gasteiger partial charge in [0.15, 0.2) is 0 Å². The maximum atomic E-state index is 13.8. The molecule has 1 saturated heterocycles. The van der Waals surface area contributed by atoms with Crippen LogP contribution in [0.4, 0.5) is 8.78 Å². The summed E-state index contributed by atoms with van der Waals surface area (Å²) in [6, 6.07) is 4.43. The van der Waals surface area contributed by atoms with Crippen LogP contribution in [0.1, 0.15) is 17.3 Å². The first kappa shape index (κ1) is 18.8. The highest BCUT2D eigenvalue weighted by atomic mass is 32.1. The molecule has 2 aromatic heterocycles. The maximum Gasteiger partial charge on any atom is 0.280 e. The molecule has 0 radical (unpaired) electrons. The number of aromatic nitrogens is 4. The fourth-order valence-electron chi connectivity index (χ4n) is 3.11. The molecule has 1 unspecified atom stereocenters. The van der Waals surface area contributed by atoms with Crippen LogP contribution in [-0.2, 0) is 11.2 Å². The van der Waals surface area contributed by atoms with Gasteiger partial charge in [-0.15, -0.1) is 10.2 Å². The normalized spacial score (nSPS) is 19.1. The van der Waals surface area contributed by atoms with Gasteiger partial charge in [-0.3, -0.25) is 4.79 Å². The molecular weight excluding hydrogens is 386 g/mol. The third-order valence-corrected chi connectivity index (χ3v) is 5.61. The lowest BCUT2D eigenvalue weighted by molar-refractivity contribution is -0.143. The Labute approximate surface area is 163 Å². The van der Waals surface area contributed by atoms with Crippen molar-refractivity contribution in [2.75, 3.05) is 13.1 Å². The molecule has 1 aliphatic rings. The van der Waals surface area contributed by atoms with Crippen molar-refractivity contribution in [2.24, 2.45) is 5.73 Å². The number of nitrogens with zero attached hydrogens (tertiary/aromatic N) is 5. The Bertz CT molecular complexity index is 1040. The zero-order valence-electron chi connectivity index (χ0n) is 15.1. The van der Waals surface area contributed by atoms with Crippen LogP contribution in [0.3, 0.4) is 0 Å². The number of piperidine rings is 1. The van der Waals surface area contributed by atoms with E-state index in [1.54, 1.807) is 6.20 Å². The summed E-state index contributed by atoms with van der Waals surface area (Å²) in [4.78, 5) is 22.2. The Morgan fingerprint density at radius 2 is 2.21 bits per heavy atom. The number of fused-ring (bicyclic) bond motifs is 1. The van der Waals surface area contributed by atoms with Crippen LogP contribution in [0.5, 0.6) is 0 Å². The van der Waals surface area contributed by atoms with E-state index in [0.717, 1.165) is 25.9 Å². The molecule has 3 aromatic rings. The fourth-order valence-corrected chi connectivity index (χ4v) is 3.80. The van der Waals surface area contributed by atoms with Gasteiger partial charge < -0.3 is 10.6 Å². The molecule has 146 valence electrons. The first-order valence-electron chi connectivity index (χ1n) is 8.79. The molecule has 0 aliphatic carbocycles. The van der Waals surface area contributed by atoms with E-state index >= 15 is 0 Å². The number of hydrogen-bond donors (Lipinski definition) is 1. The largest absolute Gasteiger partial charge is 0.336 e. The third kappa shape index (κ3) is 3.69. The molecule has 0 saturated carbocycles. The molecule has 2 N–H and O–H groups in total. The maximum absolute atomic E-state index is 13.8. The summed E-state index contributed by atoms with van der Waals surface area (Å²) in [5, 5.41) is 10.6. The lowest BCUT2D eigenvalue weighted by Crippen LogP contribution is -2.56. The number of halogens is 2. The molecule has 10 heteroatoms. The minimum absolute atomic E-state index is 0.0714. The Balaban J connectivity index is 1.55. The van der Waals surface area contributed by atoms with Crippen LogP contribution in [0.15, 0.2) is 24.4 Å². The Kier molecular flexibility index (Phi) is 4.76. The average Bonchev–Trinajstić information content (AvgIpc) is 3.09. The van der Waals surface area contributed by atoms with Crippen molar-refractivity contribution in [3.8, 4) is 10.6 Å². The van der Waals surface area contributed by atoms with Crippen molar-refractivity contribution in [1.82, 2.24) is 25.1 Å². The summed E-state index contributed by atoms with van der Waals surface area (Å²) in [5.41, 5.74) is 6.97. The molecule has 3 heterocycles. The van der Waals surface area contributed by atoms with Gasteiger partial charge in [-0.25, -0.2) is 18.7 Å². The van der Waals surface area contributed by atoms with Crippen molar-refractivity contribution < 1.29 is 13.6 Å². The van der Waals surface area contributed by atoms with Crippen molar-refractivity contribution in [3.63, 3.8) is 0 Å². The molecule has 7 nitrogen and oxygen atoms in total. The number of carbonyl (C=O) groups excluding carboxylic acids is 1. The molecule has 1 aromatic carbocycles. The summed E-state index contributed by atoms with van der Waals surface area (Å²) < 4.78 is 27.6. The van der Waals surface area contributed by atoms with E-state index in [-0.39, 0.29) is 19.4 Å². The van der Waals surface area contributed by atoms with Gasteiger partial charge in [-0.1, -0.05) is 23.5 Å². The van der Waals surface area contributed by atoms with Gasteiger partial charge in [0.25, 0.3) is 5.92 Å². The number of hydrogen-bond acceptors (Lipinski definition) is 7. The van der Waals surface area contributed by atoms with E-state index in [0.29, 0.717) is 11.3 Å². The number of rotatable bonds is 3. The second-order valence-corrected chi connectivity index (χ2v) is 8.02. The summed E-state index contributed by atoms with van der Waals surface area (Å²) in [5.74, 6) is -3.21. The van der Waals surface area contributed by atoms with E-state index in [2.05, 4.69) is 20.2 Å². The molecule has 1 aliphatic heterocycles. The SMILES string of the molecule is Cc1nnc(-c2ccc3cnc(CC(=O)N4CCC(N)C(F)(F)C4)nc3c2)s1. The lowest BCUT2D eigenvalue weighted by atomic mass is 10.0. The van der Waals surface area contributed by atoms with Crippen LogP contribution in [-0.4, -0.2) is 56.0 Å². The van der Waals surface area contributed by atoms with E-state index in [4.69, 9.17) is 5.73 Å². The van der Waals surface area contributed by atoms with Gasteiger partial charge >= 0.3 is 0 Å². The molecule has 0 bridgehead atoms. The molecular formula is C18H18F2N6OS. The standard InChI is InChI=1S/C18H18F2N6OS/c1-10-24-25-17(28-10)11-2-3-12-8-22-15(23-13(12)6-11)7-16(27)26-5-4-14(21)18(19,20)9-26/h2-3,6,8,14H,4-5,7,9,21H2,1H3. The number of carbonyl (C=O) groups is 1. The quantitative estimate of drug-likeness (QED) is 0.719. The predicted molar refractivity (Wildman–Crippen MR) is 101 cm³/mol.